The van der Waals surface area contributed by atoms with Gasteiger partial charge in [-0.25, -0.2) is 16.8 Å². The summed E-state index contributed by atoms with van der Waals surface area (Å²) in [4.78, 5) is 0.0294. The summed E-state index contributed by atoms with van der Waals surface area (Å²) in [5, 5.41) is 0. The molecule has 0 aromatic heterocycles. The van der Waals surface area contributed by atoms with Gasteiger partial charge in [0.2, 0.25) is 0 Å². The smallest absolute Gasteiger partial charge is 0.748 e. The van der Waals surface area contributed by atoms with Crippen molar-refractivity contribution in [3.8, 4) is 0 Å². The Morgan fingerprint density at radius 2 is 1.47 bits per heavy atom. The van der Waals surface area contributed by atoms with Crippen molar-refractivity contribution in [3.63, 3.8) is 0 Å². The van der Waals surface area contributed by atoms with Gasteiger partial charge in [0, 0.05) is 0 Å². The van der Waals surface area contributed by atoms with E-state index in [0.717, 1.165) is 5.56 Å². The molecule has 0 aliphatic heterocycles. The SMILES string of the molecule is Cc1ccc(S(=O)(=O)CCS(=O)(=O)[O-])cc1.[Na+]. The van der Waals surface area contributed by atoms with Crippen LogP contribution >= 0.6 is 0 Å². The molecule has 0 saturated heterocycles. The molecule has 0 heterocycles. The molecule has 1 rings (SSSR count). The zero-order valence-electron chi connectivity index (χ0n) is 9.58. The molecule has 8 heteroatoms. The molecule has 0 atom stereocenters. The van der Waals surface area contributed by atoms with Crippen molar-refractivity contribution in [3.05, 3.63) is 29.8 Å². The third-order valence-electron chi connectivity index (χ3n) is 1.98. The van der Waals surface area contributed by atoms with Gasteiger partial charge in [-0.3, -0.25) is 0 Å². The van der Waals surface area contributed by atoms with Gasteiger partial charge in [-0.2, -0.15) is 0 Å². The first-order valence-corrected chi connectivity index (χ1v) is 7.67. The van der Waals surface area contributed by atoms with Crippen LogP contribution < -0.4 is 29.6 Å². The van der Waals surface area contributed by atoms with Crippen LogP contribution in [0.15, 0.2) is 29.2 Å². The topological polar surface area (TPSA) is 91.3 Å². The molecule has 5 nitrogen and oxygen atoms in total. The number of aryl methyl sites for hydroxylation is 1. The predicted molar refractivity (Wildman–Crippen MR) is 57.8 cm³/mol. The Morgan fingerprint density at radius 3 is 1.88 bits per heavy atom. The maximum absolute atomic E-state index is 11.6. The van der Waals surface area contributed by atoms with Crippen molar-refractivity contribution >= 4 is 20.0 Å². The molecule has 0 bridgehead atoms. The average molecular weight is 286 g/mol. The minimum absolute atomic E-state index is 0. The van der Waals surface area contributed by atoms with Crippen LogP contribution in [0.4, 0.5) is 0 Å². The average Bonchev–Trinajstić information content (AvgIpc) is 2.15. The Hall–Kier alpha value is 0.0800. The second-order valence-electron chi connectivity index (χ2n) is 3.39. The van der Waals surface area contributed by atoms with Crippen molar-refractivity contribution in [2.24, 2.45) is 0 Å². The van der Waals surface area contributed by atoms with Gasteiger partial charge < -0.3 is 4.55 Å². The monoisotopic (exact) mass is 286 g/mol. The van der Waals surface area contributed by atoms with E-state index in [4.69, 9.17) is 0 Å². The summed E-state index contributed by atoms with van der Waals surface area (Å²) in [7, 11) is -8.19. The van der Waals surface area contributed by atoms with E-state index < -0.39 is 31.5 Å². The molecular weight excluding hydrogens is 275 g/mol. The third kappa shape index (κ3) is 5.98. The molecule has 1 aromatic carbocycles. The molecule has 0 spiro atoms. The zero-order valence-corrected chi connectivity index (χ0v) is 13.2. The summed E-state index contributed by atoms with van der Waals surface area (Å²) in [6, 6.07) is 6.00. The van der Waals surface area contributed by atoms with E-state index in [1.54, 1.807) is 19.1 Å². The second kappa shape index (κ2) is 6.31. The number of sulfone groups is 1. The summed E-state index contributed by atoms with van der Waals surface area (Å²) < 4.78 is 54.2. The van der Waals surface area contributed by atoms with E-state index in [0.29, 0.717) is 0 Å². The van der Waals surface area contributed by atoms with Crippen molar-refractivity contribution in [1.82, 2.24) is 0 Å². The maximum atomic E-state index is 11.6. The van der Waals surface area contributed by atoms with Gasteiger partial charge >= 0.3 is 29.6 Å². The summed E-state index contributed by atoms with van der Waals surface area (Å²) in [5.74, 6) is -1.58. The van der Waals surface area contributed by atoms with E-state index >= 15 is 0 Å². The number of hydrogen-bond acceptors (Lipinski definition) is 5. The first kappa shape index (κ1) is 17.1. The molecule has 0 N–H and O–H groups in total. The third-order valence-corrected chi connectivity index (χ3v) is 4.68. The van der Waals surface area contributed by atoms with Crippen LogP contribution in [-0.4, -0.2) is 32.9 Å². The molecule has 0 aliphatic carbocycles. The van der Waals surface area contributed by atoms with Gasteiger partial charge in [0.25, 0.3) is 0 Å². The van der Waals surface area contributed by atoms with Crippen LogP contribution in [0.5, 0.6) is 0 Å². The van der Waals surface area contributed by atoms with E-state index in [1.165, 1.54) is 12.1 Å². The first-order chi connectivity index (χ1) is 7.21. The summed E-state index contributed by atoms with van der Waals surface area (Å²) >= 11 is 0. The van der Waals surface area contributed by atoms with E-state index in [2.05, 4.69) is 0 Å². The summed E-state index contributed by atoms with van der Waals surface area (Å²) in [6.07, 6.45) is 0. The minimum Gasteiger partial charge on any atom is -0.748 e. The summed E-state index contributed by atoms with van der Waals surface area (Å²) in [6.45, 7) is 1.80. The molecule has 0 radical (unpaired) electrons. The van der Waals surface area contributed by atoms with Crippen LogP contribution in [0.3, 0.4) is 0 Å². The van der Waals surface area contributed by atoms with E-state index in [1.807, 2.05) is 0 Å². The Labute approximate surface area is 123 Å². The molecule has 0 aliphatic rings. The van der Waals surface area contributed by atoms with Crippen LogP contribution in [0.25, 0.3) is 0 Å². The van der Waals surface area contributed by atoms with Crippen LogP contribution in [-0.2, 0) is 20.0 Å². The van der Waals surface area contributed by atoms with Crippen LogP contribution in [0, 0.1) is 6.92 Å². The largest absolute Gasteiger partial charge is 1.00 e. The minimum atomic E-state index is -4.50. The Kier molecular flexibility index (Phi) is 6.34. The molecule has 1 aromatic rings. The van der Waals surface area contributed by atoms with Gasteiger partial charge in [0.15, 0.2) is 9.84 Å². The Bertz CT molecular complexity index is 560. The maximum Gasteiger partial charge on any atom is 1.00 e. The van der Waals surface area contributed by atoms with Crippen molar-refractivity contribution < 1.29 is 50.9 Å². The summed E-state index contributed by atoms with van der Waals surface area (Å²) in [5.41, 5.74) is 0.899. The standard InChI is InChI=1S/C9H12O5S2.Na/c1-8-2-4-9(5-3-8)15(10,11)6-7-16(12,13)14;/h2-5H,6-7H2,1H3,(H,12,13,14);/q;+1/p-1. The van der Waals surface area contributed by atoms with Gasteiger partial charge in [-0.1, -0.05) is 17.7 Å². The van der Waals surface area contributed by atoms with Gasteiger partial charge in [-0.05, 0) is 19.1 Å². The number of benzene rings is 1. The quantitative estimate of drug-likeness (QED) is 0.444. The molecule has 0 unspecified atom stereocenters. The Morgan fingerprint density at radius 1 is 1.00 bits per heavy atom. The Balaban J connectivity index is 0.00000256. The molecule has 0 amide bonds. The molecule has 90 valence electrons. The molecule has 17 heavy (non-hydrogen) atoms. The van der Waals surface area contributed by atoms with E-state index in [-0.39, 0.29) is 34.5 Å². The molecule has 0 saturated carbocycles. The predicted octanol–water partition coefficient (Wildman–Crippen LogP) is -2.68. The van der Waals surface area contributed by atoms with Gasteiger partial charge in [0.05, 0.1) is 26.5 Å². The van der Waals surface area contributed by atoms with Crippen molar-refractivity contribution in [2.45, 2.75) is 11.8 Å². The van der Waals surface area contributed by atoms with Crippen LogP contribution in [0.1, 0.15) is 5.56 Å². The fourth-order valence-electron chi connectivity index (χ4n) is 1.08. The number of rotatable bonds is 4. The van der Waals surface area contributed by atoms with Gasteiger partial charge in [-0.15, -0.1) is 0 Å². The second-order valence-corrected chi connectivity index (χ2v) is 7.03. The van der Waals surface area contributed by atoms with Gasteiger partial charge in [0.1, 0.15) is 0 Å². The van der Waals surface area contributed by atoms with Crippen molar-refractivity contribution in [2.75, 3.05) is 11.5 Å². The van der Waals surface area contributed by atoms with Crippen LogP contribution in [0.2, 0.25) is 0 Å². The van der Waals surface area contributed by atoms with Crippen molar-refractivity contribution in [1.29, 1.82) is 0 Å². The van der Waals surface area contributed by atoms with E-state index in [9.17, 15) is 21.4 Å². The first-order valence-electron chi connectivity index (χ1n) is 4.44. The normalized spacial score (nSPS) is 11.9. The fraction of sp³-hybridized carbons (Fsp3) is 0.333. The zero-order chi connectivity index (χ0) is 12.4. The fourth-order valence-corrected chi connectivity index (χ4v) is 3.56. The number of hydrogen-bond donors (Lipinski definition) is 0. The molecule has 0 fully saturated rings. The molecular formula is C9H11NaO5S2.